The van der Waals surface area contributed by atoms with Gasteiger partial charge in [-0.3, -0.25) is 0 Å². The minimum Gasteiger partial charge on any atom is -0.429 e. The zero-order valence-corrected chi connectivity index (χ0v) is 22.9. The Hall–Kier alpha value is -2.55. The molecule has 0 heterocycles. The van der Waals surface area contributed by atoms with E-state index in [1.807, 2.05) is 0 Å². The molecule has 0 aliphatic rings. The summed E-state index contributed by atoms with van der Waals surface area (Å²) in [6.45, 7) is 9.11. The average molecular weight is 485 g/mol. The molecule has 5 heteroatoms. The van der Waals surface area contributed by atoms with E-state index in [0.29, 0.717) is 0 Å². The minimum atomic E-state index is -2.82. The van der Waals surface area contributed by atoms with Crippen LogP contribution in [0.1, 0.15) is 0 Å². The molecular weight excluding hydrogens is 453 g/mol. The Labute approximate surface area is 201 Å². The highest BCUT2D eigenvalue weighted by Gasteiger charge is 2.48. The van der Waals surface area contributed by atoms with Crippen molar-refractivity contribution in [2.24, 2.45) is 0 Å². The normalized spacial score (nSPS) is 13.9. The van der Waals surface area contributed by atoms with Gasteiger partial charge in [0.25, 0.3) is 0 Å². The van der Waals surface area contributed by atoms with Crippen LogP contribution in [-0.4, -0.2) is 25.2 Å². The Bertz CT molecular complexity index is 1110. The predicted molar refractivity (Wildman–Crippen MR) is 147 cm³/mol. The number of rotatable bonds is 8. The molecule has 0 saturated carbocycles. The highest BCUT2D eigenvalue weighted by atomic mass is 28.5. The van der Waals surface area contributed by atoms with Gasteiger partial charge in [-0.1, -0.05) is 121 Å². The smallest absolute Gasteiger partial charge is 0.349 e. The molecule has 4 aromatic rings. The fourth-order valence-electron chi connectivity index (χ4n) is 4.45. The molecule has 4 rings (SSSR count). The van der Waals surface area contributed by atoms with Gasteiger partial charge in [0.1, 0.15) is 0 Å². The molecule has 168 valence electrons. The van der Waals surface area contributed by atoms with Gasteiger partial charge in [-0.2, -0.15) is 0 Å². The molecule has 1 unspecified atom stereocenters. The molecule has 0 N–H and O–H groups in total. The molecule has 0 aliphatic heterocycles. The van der Waals surface area contributed by atoms with E-state index in [1.54, 1.807) is 0 Å². The second kappa shape index (κ2) is 9.75. The fourth-order valence-corrected chi connectivity index (χ4v) is 18.1. The summed E-state index contributed by atoms with van der Waals surface area (Å²) in [6, 6.07) is 42.6. The summed E-state index contributed by atoms with van der Waals surface area (Å²) in [7, 11) is -7.62. The van der Waals surface area contributed by atoms with Crippen LogP contribution in [0.4, 0.5) is 0 Å². The minimum absolute atomic E-state index is 1.17. The van der Waals surface area contributed by atoms with Crippen LogP contribution >= 0.6 is 0 Å². The third kappa shape index (κ3) is 5.18. The van der Waals surface area contributed by atoms with Crippen LogP contribution in [0.25, 0.3) is 0 Å². The van der Waals surface area contributed by atoms with Crippen LogP contribution in [0.2, 0.25) is 26.2 Å². The van der Waals surface area contributed by atoms with Gasteiger partial charge in [0.05, 0.1) is 0 Å². The van der Waals surface area contributed by atoms with Crippen molar-refractivity contribution in [3.8, 4) is 0 Å². The van der Waals surface area contributed by atoms with Gasteiger partial charge >= 0.3 is 8.56 Å². The largest absolute Gasteiger partial charge is 0.429 e. The second-order valence-electron chi connectivity index (χ2n) is 9.16. The lowest BCUT2D eigenvalue weighted by atomic mass is 10.4. The maximum atomic E-state index is 7.43. The van der Waals surface area contributed by atoms with Gasteiger partial charge in [-0.05, 0) is 46.9 Å². The van der Waals surface area contributed by atoms with Crippen molar-refractivity contribution in [3.63, 3.8) is 0 Å². The topological polar surface area (TPSA) is 18.5 Å². The van der Waals surface area contributed by atoms with Crippen molar-refractivity contribution in [1.29, 1.82) is 0 Å². The lowest BCUT2D eigenvalue weighted by Crippen LogP contribution is -2.70. The number of benzene rings is 4. The lowest BCUT2D eigenvalue weighted by molar-refractivity contribution is 0.413. The molecule has 1 atom stereocenters. The molecule has 0 fully saturated rings. The highest BCUT2D eigenvalue weighted by Crippen LogP contribution is 2.22. The van der Waals surface area contributed by atoms with Gasteiger partial charge < -0.3 is 8.23 Å². The summed E-state index contributed by atoms with van der Waals surface area (Å²) < 4.78 is 14.7. The molecule has 0 amide bonds. The Kier molecular flexibility index (Phi) is 6.97. The van der Waals surface area contributed by atoms with Crippen molar-refractivity contribution in [2.75, 3.05) is 0 Å². The van der Waals surface area contributed by atoms with Gasteiger partial charge in [0, 0.05) is 0 Å². The van der Waals surface area contributed by atoms with Crippen molar-refractivity contribution in [1.82, 2.24) is 0 Å². The Balaban J connectivity index is 1.83. The molecule has 0 aliphatic carbocycles. The van der Waals surface area contributed by atoms with Crippen molar-refractivity contribution >= 4 is 45.9 Å². The molecule has 0 spiro atoms. The molecule has 4 aromatic carbocycles. The van der Waals surface area contributed by atoms with Gasteiger partial charge in [0.2, 0.25) is 16.6 Å². The van der Waals surface area contributed by atoms with Gasteiger partial charge in [-0.25, -0.2) is 0 Å². The lowest BCUT2D eigenvalue weighted by Gasteiger charge is -2.42. The Morgan fingerprint density at radius 3 is 1.12 bits per heavy atom. The van der Waals surface area contributed by atoms with E-state index < -0.39 is 25.2 Å². The van der Waals surface area contributed by atoms with E-state index >= 15 is 0 Å². The number of hydrogen-bond donors (Lipinski definition) is 0. The molecular formula is C28H32O2Si3. The SMILES string of the molecule is C[Si](C)(O[Si](C)(O[Si](C)(c1ccccc1)c1ccccc1)c1ccccc1)c1ccccc1. The quantitative estimate of drug-likeness (QED) is 0.343. The van der Waals surface area contributed by atoms with E-state index in [1.165, 1.54) is 20.7 Å². The molecule has 0 saturated heterocycles. The number of hydrogen-bond acceptors (Lipinski definition) is 2. The van der Waals surface area contributed by atoms with E-state index in [-0.39, 0.29) is 0 Å². The van der Waals surface area contributed by atoms with Gasteiger partial charge in [0.15, 0.2) is 0 Å². The standard InChI is InChI=1S/C28H32O2Si3/c1-31(2,25-17-9-5-10-18-25)29-33(4,28-23-15-8-16-24-28)30-32(3,26-19-11-6-12-20-26)27-21-13-7-14-22-27/h5-24H,1-4H3. The van der Waals surface area contributed by atoms with Gasteiger partial charge in [-0.15, -0.1) is 0 Å². The van der Waals surface area contributed by atoms with Crippen LogP contribution < -0.4 is 20.7 Å². The average Bonchev–Trinajstić information content (AvgIpc) is 2.86. The first-order chi connectivity index (χ1) is 15.8. The summed E-state index contributed by atoms with van der Waals surface area (Å²) >= 11 is 0. The third-order valence-corrected chi connectivity index (χ3v) is 19.0. The second-order valence-corrected chi connectivity index (χ2v) is 20.1. The van der Waals surface area contributed by atoms with Crippen molar-refractivity contribution in [3.05, 3.63) is 121 Å². The Morgan fingerprint density at radius 1 is 0.394 bits per heavy atom. The van der Waals surface area contributed by atoms with Crippen LogP contribution in [0, 0.1) is 0 Å². The monoisotopic (exact) mass is 484 g/mol. The predicted octanol–water partition coefficient (Wildman–Crippen LogP) is 4.50. The van der Waals surface area contributed by atoms with Crippen LogP contribution in [0.3, 0.4) is 0 Å². The summed E-state index contributed by atoms with van der Waals surface area (Å²) in [5, 5.41) is 4.97. The van der Waals surface area contributed by atoms with E-state index in [9.17, 15) is 0 Å². The first-order valence-electron chi connectivity index (χ1n) is 11.5. The maximum absolute atomic E-state index is 7.43. The Morgan fingerprint density at radius 2 is 0.727 bits per heavy atom. The van der Waals surface area contributed by atoms with Crippen LogP contribution in [0.15, 0.2) is 121 Å². The zero-order chi connectivity index (χ0) is 23.4. The van der Waals surface area contributed by atoms with E-state index in [0.717, 1.165) is 0 Å². The van der Waals surface area contributed by atoms with E-state index in [2.05, 4.69) is 148 Å². The summed E-state index contributed by atoms with van der Waals surface area (Å²) in [4.78, 5) is 0. The van der Waals surface area contributed by atoms with Crippen molar-refractivity contribution in [2.45, 2.75) is 26.2 Å². The highest BCUT2D eigenvalue weighted by molar-refractivity contribution is 7.05. The summed E-state index contributed by atoms with van der Waals surface area (Å²) in [6.07, 6.45) is 0. The molecule has 0 aromatic heterocycles. The summed E-state index contributed by atoms with van der Waals surface area (Å²) in [5.74, 6) is 0. The fraction of sp³-hybridized carbons (Fsp3) is 0.143. The first kappa shape index (κ1) is 23.6. The molecule has 2 nitrogen and oxygen atoms in total. The molecule has 0 radical (unpaired) electrons. The van der Waals surface area contributed by atoms with Crippen LogP contribution in [-0.2, 0) is 8.23 Å². The first-order valence-corrected chi connectivity index (χ1v) is 19.1. The van der Waals surface area contributed by atoms with E-state index in [4.69, 9.17) is 8.23 Å². The molecule has 0 bridgehead atoms. The molecule has 33 heavy (non-hydrogen) atoms. The van der Waals surface area contributed by atoms with Crippen molar-refractivity contribution < 1.29 is 8.23 Å². The summed E-state index contributed by atoms with van der Waals surface area (Å²) in [5.41, 5.74) is 0. The van der Waals surface area contributed by atoms with Crippen LogP contribution in [0.5, 0.6) is 0 Å². The maximum Gasteiger partial charge on any atom is 0.349 e. The zero-order valence-electron chi connectivity index (χ0n) is 19.9. The third-order valence-electron chi connectivity index (χ3n) is 6.27.